The van der Waals surface area contributed by atoms with Gasteiger partial charge in [0.05, 0.1) is 18.9 Å². The molecule has 5 rings (SSSR count). The lowest BCUT2D eigenvalue weighted by atomic mass is 9.77. The molecule has 1 heterocycles. The molecule has 1 aliphatic heterocycles. The van der Waals surface area contributed by atoms with Crippen LogP contribution in [0.25, 0.3) is 6.08 Å². The van der Waals surface area contributed by atoms with Crippen molar-refractivity contribution in [1.82, 2.24) is 5.01 Å². The van der Waals surface area contributed by atoms with Gasteiger partial charge in [0.15, 0.2) is 0 Å². The number of hydrazone groups is 1. The Morgan fingerprint density at radius 1 is 0.971 bits per heavy atom. The average molecular weight is 459 g/mol. The van der Waals surface area contributed by atoms with Crippen LogP contribution in [0.4, 0.5) is 8.78 Å². The van der Waals surface area contributed by atoms with Crippen molar-refractivity contribution in [3.05, 3.63) is 107 Å². The van der Waals surface area contributed by atoms with Gasteiger partial charge in [0.25, 0.3) is 5.91 Å². The highest BCUT2D eigenvalue weighted by Gasteiger charge is 2.43. The van der Waals surface area contributed by atoms with E-state index in [1.54, 1.807) is 60.6 Å². The van der Waals surface area contributed by atoms with Crippen LogP contribution in [-0.4, -0.2) is 23.7 Å². The van der Waals surface area contributed by atoms with E-state index in [1.807, 2.05) is 6.08 Å². The first-order valence-electron chi connectivity index (χ1n) is 11.3. The molecule has 0 bridgehead atoms. The number of fused-ring (bicyclic) bond motifs is 1. The van der Waals surface area contributed by atoms with Gasteiger partial charge in [0.2, 0.25) is 0 Å². The zero-order chi connectivity index (χ0) is 23.7. The number of hydrogen-bond donors (Lipinski definition) is 0. The van der Waals surface area contributed by atoms with Gasteiger partial charge in [0, 0.05) is 11.5 Å². The summed E-state index contributed by atoms with van der Waals surface area (Å²) in [6.07, 6.45) is 4.66. The first kappa shape index (κ1) is 22.0. The molecule has 0 N–H and O–H groups in total. The molecule has 2 aliphatic rings. The zero-order valence-electron chi connectivity index (χ0n) is 18.7. The third kappa shape index (κ3) is 4.23. The lowest BCUT2D eigenvalue weighted by Crippen LogP contribution is -2.31. The smallest absolute Gasteiger partial charge is 0.274 e. The Kier molecular flexibility index (Phi) is 5.97. The lowest BCUT2D eigenvalue weighted by Gasteiger charge is -2.29. The lowest BCUT2D eigenvalue weighted by molar-refractivity contribution is 0.0681. The van der Waals surface area contributed by atoms with Gasteiger partial charge in [-0.1, -0.05) is 24.3 Å². The number of ether oxygens (including phenoxy) is 1. The fraction of sp³-hybridized carbons (Fsp3) is 0.214. The van der Waals surface area contributed by atoms with E-state index in [1.165, 1.54) is 24.3 Å². The molecule has 3 aromatic rings. The zero-order valence-corrected chi connectivity index (χ0v) is 18.7. The summed E-state index contributed by atoms with van der Waals surface area (Å²) in [7, 11) is 1.58. The van der Waals surface area contributed by atoms with E-state index >= 15 is 0 Å². The minimum atomic E-state index is -0.331. The van der Waals surface area contributed by atoms with Crippen LogP contribution >= 0.6 is 0 Å². The molecule has 2 atom stereocenters. The quantitative estimate of drug-likeness (QED) is 0.453. The molecule has 172 valence electrons. The number of carbonyl (C=O) groups excluding carboxylic acids is 1. The Morgan fingerprint density at radius 3 is 2.26 bits per heavy atom. The predicted molar refractivity (Wildman–Crippen MR) is 127 cm³/mol. The van der Waals surface area contributed by atoms with Gasteiger partial charge in [-0.3, -0.25) is 4.79 Å². The Morgan fingerprint density at radius 2 is 1.62 bits per heavy atom. The summed E-state index contributed by atoms with van der Waals surface area (Å²) in [5.41, 5.74) is 4.14. The van der Waals surface area contributed by atoms with E-state index < -0.39 is 0 Å². The van der Waals surface area contributed by atoms with Gasteiger partial charge in [-0.15, -0.1) is 0 Å². The maximum Gasteiger partial charge on any atom is 0.274 e. The second-order valence-electron chi connectivity index (χ2n) is 8.58. The van der Waals surface area contributed by atoms with E-state index in [-0.39, 0.29) is 29.5 Å². The third-order valence-corrected chi connectivity index (χ3v) is 6.47. The molecule has 1 fully saturated rings. The van der Waals surface area contributed by atoms with E-state index in [0.29, 0.717) is 11.3 Å². The minimum Gasteiger partial charge on any atom is -0.497 e. The van der Waals surface area contributed by atoms with Crippen molar-refractivity contribution >= 4 is 17.7 Å². The van der Waals surface area contributed by atoms with Crippen LogP contribution in [0.15, 0.2) is 83.5 Å². The molecule has 4 nitrogen and oxygen atoms in total. The summed E-state index contributed by atoms with van der Waals surface area (Å²) < 4.78 is 32.3. The minimum absolute atomic E-state index is 0.00638. The van der Waals surface area contributed by atoms with Crippen molar-refractivity contribution in [2.75, 3.05) is 7.11 Å². The molecule has 1 aliphatic carbocycles. The number of rotatable bonds is 4. The van der Waals surface area contributed by atoms with Gasteiger partial charge in [-0.05, 0) is 90.6 Å². The van der Waals surface area contributed by atoms with Gasteiger partial charge in [-0.25, -0.2) is 13.8 Å². The van der Waals surface area contributed by atoms with E-state index in [4.69, 9.17) is 9.84 Å². The molecule has 0 aromatic heterocycles. The maximum atomic E-state index is 13.7. The highest BCUT2D eigenvalue weighted by atomic mass is 19.1. The number of amides is 1. The number of allylic oxidation sites excluding steroid dienone is 1. The second kappa shape index (κ2) is 9.21. The van der Waals surface area contributed by atoms with Gasteiger partial charge in [0.1, 0.15) is 17.4 Å². The van der Waals surface area contributed by atoms with Crippen molar-refractivity contribution in [3.63, 3.8) is 0 Å². The van der Waals surface area contributed by atoms with Crippen LogP contribution in [0.2, 0.25) is 0 Å². The van der Waals surface area contributed by atoms with Crippen LogP contribution in [0.1, 0.15) is 46.8 Å². The highest BCUT2D eigenvalue weighted by Crippen LogP contribution is 2.45. The van der Waals surface area contributed by atoms with Gasteiger partial charge >= 0.3 is 0 Å². The normalized spacial score (nSPS) is 20.7. The van der Waals surface area contributed by atoms with Crippen molar-refractivity contribution < 1.29 is 18.3 Å². The molecule has 0 saturated heterocycles. The number of hydrogen-bond acceptors (Lipinski definition) is 3. The Hall–Kier alpha value is -3.80. The second-order valence-corrected chi connectivity index (χ2v) is 8.58. The molecule has 0 radical (unpaired) electrons. The van der Waals surface area contributed by atoms with Gasteiger partial charge in [-0.2, -0.15) is 5.10 Å². The summed E-state index contributed by atoms with van der Waals surface area (Å²) in [5, 5.41) is 6.38. The van der Waals surface area contributed by atoms with Crippen molar-refractivity contribution in [1.29, 1.82) is 0 Å². The largest absolute Gasteiger partial charge is 0.497 e. The van der Waals surface area contributed by atoms with Crippen LogP contribution in [0.3, 0.4) is 0 Å². The first-order valence-corrected chi connectivity index (χ1v) is 11.3. The summed E-state index contributed by atoms with van der Waals surface area (Å²) in [6, 6.07) is 19.2. The first-order chi connectivity index (χ1) is 16.5. The van der Waals surface area contributed by atoms with Gasteiger partial charge < -0.3 is 4.74 Å². The maximum absolute atomic E-state index is 13.7. The summed E-state index contributed by atoms with van der Waals surface area (Å²) in [6.45, 7) is 0. The molecule has 34 heavy (non-hydrogen) atoms. The number of methoxy groups -OCH3 is 1. The van der Waals surface area contributed by atoms with Crippen LogP contribution < -0.4 is 4.74 Å². The SMILES string of the molecule is COc1ccc(C(=O)N2N=C3/C(=C\c4ccc(F)cc4)CCC[C@H]3[C@@H]2c2ccc(F)cc2)cc1. The van der Waals surface area contributed by atoms with Crippen LogP contribution in [-0.2, 0) is 0 Å². The molecular formula is C28H24F2N2O2. The highest BCUT2D eigenvalue weighted by molar-refractivity contribution is 6.09. The number of halogens is 2. The number of nitrogens with zero attached hydrogens (tertiary/aromatic N) is 2. The predicted octanol–water partition coefficient (Wildman–Crippen LogP) is 6.41. The van der Waals surface area contributed by atoms with Crippen molar-refractivity contribution in [3.8, 4) is 5.75 Å². The number of benzene rings is 3. The molecule has 1 amide bonds. The standard InChI is InChI=1S/C28H24F2N2O2/c1-34-24-15-9-20(10-16-24)28(33)32-27(19-7-13-23(30)14-8-19)25-4-2-3-21(26(25)31-32)17-18-5-11-22(29)12-6-18/h5-17,25,27H,2-4H2,1H3/b21-17-/t25-,27+/m1/s1. The summed E-state index contributed by atoms with van der Waals surface area (Å²) in [5.74, 6) is -0.170. The molecule has 3 aromatic carbocycles. The Balaban J connectivity index is 1.56. The molecular weight excluding hydrogens is 434 g/mol. The molecule has 0 spiro atoms. The van der Waals surface area contributed by atoms with Crippen LogP contribution in [0.5, 0.6) is 5.75 Å². The molecule has 0 unspecified atom stereocenters. The van der Waals surface area contributed by atoms with Crippen molar-refractivity contribution in [2.24, 2.45) is 11.0 Å². The van der Waals surface area contributed by atoms with E-state index in [9.17, 15) is 13.6 Å². The van der Waals surface area contributed by atoms with Crippen LogP contribution in [0, 0.1) is 17.6 Å². The molecule has 1 saturated carbocycles. The van der Waals surface area contributed by atoms with Crippen molar-refractivity contribution in [2.45, 2.75) is 25.3 Å². The monoisotopic (exact) mass is 458 g/mol. The third-order valence-electron chi connectivity index (χ3n) is 6.47. The number of carbonyl (C=O) groups is 1. The van der Waals surface area contributed by atoms with E-state index in [2.05, 4.69) is 0 Å². The Labute approximate surface area is 197 Å². The summed E-state index contributed by atoms with van der Waals surface area (Å²) in [4.78, 5) is 13.6. The fourth-order valence-electron chi connectivity index (χ4n) is 4.79. The summed E-state index contributed by atoms with van der Waals surface area (Å²) >= 11 is 0. The topological polar surface area (TPSA) is 41.9 Å². The fourth-order valence-corrected chi connectivity index (χ4v) is 4.79. The van der Waals surface area contributed by atoms with E-state index in [0.717, 1.165) is 41.7 Å². The Bertz CT molecular complexity index is 1250. The molecule has 6 heteroatoms. The average Bonchev–Trinajstić information content (AvgIpc) is 3.26.